The van der Waals surface area contributed by atoms with Gasteiger partial charge in [0, 0.05) is 25.6 Å². The molecule has 1 unspecified atom stereocenters. The number of urea groups is 1. The second-order valence-electron chi connectivity index (χ2n) is 8.31. The lowest BCUT2D eigenvalue weighted by Crippen LogP contribution is -2.48. The highest BCUT2D eigenvalue weighted by molar-refractivity contribution is 5.75. The fourth-order valence-corrected chi connectivity index (χ4v) is 4.14. The summed E-state index contributed by atoms with van der Waals surface area (Å²) in [6, 6.07) is 0.241. The number of aromatic nitrogens is 2. The van der Waals surface area contributed by atoms with E-state index in [0.717, 1.165) is 51.2 Å². The van der Waals surface area contributed by atoms with Gasteiger partial charge in [0.2, 0.25) is 5.89 Å². The van der Waals surface area contributed by atoms with Crippen molar-refractivity contribution < 1.29 is 14.1 Å². The number of amides is 2. The Kier molecular flexibility index (Phi) is 6.27. The maximum atomic E-state index is 12.8. The Morgan fingerprint density at radius 1 is 1.11 bits per heavy atom. The highest BCUT2D eigenvalue weighted by Crippen LogP contribution is 2.31. The van der Waals surface area contributed by atoms with Gasteiger partial charge in [0.05, 0.1) is 6.61 Å². The molecule has 3 fully saturated rings. The first-order valence-corrected chi connectivity index (χ1v) is 10.8. The average molecular weight is 377 g/mol. The first-order valence-electron chi connectivity index (χ1n) is 10.8. The van der Waals surface area contributed by atoms with Crippen LogP contribution >= 0.6 is 0 Å². The number of hydrogen-bond donors (Lipinski definition) is 1. The molecule has 1 aliphatic heterocycles. The van der Waals surface area contributed by atoms with Crippen molar-refractivity contribution in [2.45, 2.75) is 82.7 Å². The Morgan fingerprint density at radius 2 is 1.93 bits per heavy atom. The minimum atomic E-state index is -0.101. The van der Waals surface area contributed by atoms with Crippen LogP contribution in [-0.2, 0) is 11.2 Å². The third-order valence-corrected chi connectivity index (χ3v) is 5.99. The molecule has 2 aliphatic carbocycles. The summed E-state index contributed by atoms with van der Waals surface area (Å²) in [7, 11) is 0. The van der Waals surface area contributed by atoms with Gasteiger partial charge in [0.1, 0.15) is 6.04 Å². The summed E-state index contributed by atoms with van der Waals surface area (Å²) in [5.74, 6) is 2.02. The highest BCUT2D eigenvalue weighted by Gasteiger charge is 2.33. The molecule has 2 heterocycles. The largest absolute Gasteiger partial charge is 0.381 e. The maximum absolute atomic E-state index is 12.8. The van der Waals surface area contributed by atoms with Gasteiger partial charge in [-0.3, -0.25) is 0 Å². The van der Waals surface area contributed by atoms with Crippen molar-refractivity contribution in [3.05, 3.63) is 11.7 Å². The van der Waals surface area contributed by atoms with Gasteiger partial charge in [-0.15, -0.1) is 0 Å². The van der Waals surface area contributed by atoms with Gasteiger partial charge < -0.3 is 19.5 Å². The van der Waals surface area contributed by atoms with Gasteiger partial charge in [-0.25, -0.2) is 4.79 Å². The van der Waals surface area contributed by atoms with E-state index in [0.29, 0.717) is 30.8 Å². The van der Waals surface area contributed by atoms with Crippen molar-refractivity contribution >= 4 is 6.03 Å². The third kappa shape index (κ3) is 5.21. The Labute approximate surface area is 161 Å². The molecule has 27 heavy (non-hydrogen) atoms. The zero-order valence-corrected chi connectivity index (χ0v) is 16.2. The summed E-state index contributed by atoms with van der Waals surface area (Å²) < 4.78 is 11.2. The zero-order chi connectivity index (χ0) is 18.5. The summed E-state index contributed by atoms with van der Waals surface area (Å²) >= 11 is 0. The minimum Gasteiger partial charge on any atom is -0.381 e. The lowest BCUT2D eigenvalue weighted by Gasteiger charge is -2.35. The van der Waals surface area contributed by atoms with Gasteiger partial charge in [-0.2, -0.15) is 4.98 Å². The summed E-state index contributed by atoms with van der Waals surface area (Å²) in [6.07, 6.45) is 12.2. The second kappa shape index (κ2) is 9.04. The molecule has 2 saturated carbocycles. The molecule has 1 saturated heterocycles. The maximum Gasteiger partial charge on any atom is 0.318 e. The number of carbonyl (C=O) groups is 1. The monoisotopic (exact) mass is 376 g/mol. The van der Waals surface area contributed by atoms with Crippen LogP contribution in [0.2, 0.25) is 0 Å². The minimum absolute atomic E-state index is 0.0270. The summed E-state index contributed by atoms with van der Waals surface area (Å²) in [5.41, 5.74) is 0. The van der Waals surface area contributed by atoms with E-state index in [4.69, 9.17) is 9.26 Å². The molecule has 7 heteroatoms. The van der Waals surface area contributed by atoms with E-state index in [1.165, 1.54) is 32.1 Å². The van der Waals surface area contributed by atoms with E-state index < -0.39 is 0 Å². The van der Waals surface area contributed by atoms with Gasteiger partial charge in [0.25, 0.3) is 0 Å². The fourth-order valence-electron chi connectivity index (χ4n) is 4.14. The van der Waals surface area contributed by atoms with Crippen molar-refractivity contribution in [3.8, 4) is 0 Å². The third-order valence-electron chi connectivity index (χ3n) is 5.99. The van der Waals surface area contributed by atoms with Crippen molar-refractivity contribution in [1.29, 1.82) is 0 Å². The molecule has 0 spiro atoms. The van der Waals surface area contributed by atoms with Crippen LogP contribution in [0.3, 0.4) is 0 Å². The number of carbonyl (C=O) groups excluding carboxylic acids is 1. The number of ether oxygens (including phenoxy) is 1. The van der Waals surface area contributed by atoms with Crippen LogP contribution < -0.4 is 5.32 Å². The molecule has 0 radical (unpaired) electrons. The van der Waals surface area contributed by atoms with Gasteiger partial charge in [-0.1, -0.05) is 24.4 Å². The second-order valence-corrected chi connectivity index (χ2v) is 8.31. The molecular formula is C20H32N4O3. The summed E-state index contributed by atoms with van der Waals surface area (Å²) in [4.78, 5) is 19.3. The predicted octanol–water partition coefficient (Wildman–Crippen LogP) is 3.61. The Morgan fingerprint density at radius 3 is 2.74 bits per heavy atom. The number of piperidine rings is 1. The van der Waals surface area contributed by atoms with E-state index in [-0.39, 0.29) is 12.1 Å². The van der Waals surface area contributed by atoms with Gasteiger partial charge >= 0.3 is 6.03 Å². The standard InChI is InChI=1S/C20H32N4O3/c25-20(21-16-6-2-1-3-7-16)24-12-5-4-8-17(24)19-22-18(23-27-19)11-13-26-14-15-9-10-15/h15-17H,1-14H2,(H,21,25). The van der Waals surface area contributed by atoms with Crippen LogP contribution in [0.15, 0.2) is 4.52 Å². The molecule has 0 aromatic carbocycles. The van der Waals surface area contributed by atoms with Crippen LogP contribution in [0.5, 0.6) is 0 Å². The van der Waals surface area contributed by atoms with Crippen LogP contribution in [0.25, 0.3) is 0 Å². The Hall–Kier alpha value is -1.63. The van der Waals surface area contributed by atoms with Crippen molar-refractivity contribution in [3.63, 3.8) is 0 Å². The molecule has 7 nitrogen and oxygen atoms in total. The van der Waals surface area contributed by atoms with E-state index in [1.807, 2.05) is 4.90 Å². The summed E-state index contributed by atoms with van der Waals surface area (Å²) in [6.45, 7) is 2.24. The number of nitrogens with zero attached hydrogens (tertiary/aromatic N) is 3. The van der Waals surface area contributed by atoms with Crippen molar-refractivity contribution in [2.24, 2.45) is 5.92 Å². The smallest absolute Gasteiger partial charge is 0.318 e. The first kappa shape index (κ1) is 18.7. The molecule has 2 amide bonds. The summed E-state index contributed by atoms with van der Waals surface area (Å²) in [5, 5.41) is 7.34. The predicted molar refractivity (Wildman–Crippen MR) is 100 cm³/mol. The van der Waals surface area contributed by atoms with E-state index in [2.05, 4.69) is 15.5 Å². The van der Waals surface area contributed by atoms with E-state index in [9.17, 15) is 4.79 Å². The highest BCUT2D eigenvalue weighted by atomic mass is 16.5. The number of nitrogens with one attached hydrogen (secondary N) is 1. The normalized spacial score (nSPS) is 24.1. The number of likely N-dealkylation sites (tertiary alicyclic amines) is 1. The van der Waals surface area contributed by atoms with Crippen molar-refractivity contribution in [2.75, 3.05) is 19.8 Å². The average Bonchev–Trinajstić information content (AvgIpc) is 3.41. The lowest BCUT2D eigenvalue weighted by atomic mass is 9.95. The molecular weight excluding hydrogens is 344 g/mol. The molecule has 1 N–H and O–H groups in total. The molecule has 1 aromatic heterocycles. The molecule has 1 atom stereocenters. The van der Waals surface area contributed by atoms with E-state index in [1.54, 1.807) is 0 Å². The van der Waals surface area contributed by atoms with Crippen LogP contribution in [-0.4, -0.2) is 46.9 Å². The molecule has 1 aromatic rings. The zero-order valence-electron chi connectivity index (χ0n) is 16.2. The van der Waals surface area contributed by atoms with Gasteiger partial charge in [0.15, 0.2) is 5.82 Å². The van der Waals surface area contributed by atoms with Crippen LogP contribution in [0.1, 0.15) is 82.0 Å². The SMILES string of the molecule is O=C(NC1CCCCC1)N1CCCCC1c1nc(CCOCC2CC2)no1. The number of rotatable bonds is 7. The first-order chi connectivity index (χ1) is 13.3. The quantitative estimate of drug-likeness (QED) is 0.735. The molecule has 0 bridgehead atoms. The van der Waals surface area contributed by atoms with Crippen molar-refractivity contribution in [1.82, 2.24) is 20.4 Å². The van der Waals surface area contributed by atoms with Gasteiger partial charge in [-0.05, 0) is 50.9 Å². The fraction of sp³-hybridized carbons (Fsp3) is 0.850. The van der Waals surface area contributed by atoms with Crippen LogP contribution in [0, 0.1) is 5.92 Å². The van der Waals surface area contributed by atoms with Crippen LogP contribution in [0.4, 0.5) is 4.79 Å². The Balaban J connectivity index is 1.31. The molecule has 3 aliphatic rings. The molecule has 150 valence electrons. The van der Waals surface area contributed by atoms with E-state index >= 15 is 0 Å². The topological polar surface area (TPSA) is 80.5 Å². The number of hydrogen-bond acceptors (Lipinski definition) is 5. The Bertz CT molecular complexity index is 610. The lowest BCUT2D eigenvalue weighted by molar-refractivity contribution is 0.125. The molecule has 4 rings (SSSR count).